The SMILES string of the molecule is CCOCCn1c(=NC(=O)c2nc3ccccc3s2)sc2ccc([N+](=O)[O-])cc21. The van der Waals surface area contributed by atoms with Crippen molar-refractivity contribution in [1.29, 1.82) is 0 Å². The van der Waals surface area contributed by atoms with E-state index < -0.39 is 10.8 Å². The Morgan fingerprint density at radius 1 is 1.24 bits per heavy atom. The molecule has 0 aliphatic carbocycles. The normalized spacial score (nSPS) is 12.1. The summed E-state index contributed by atoms with van der Waals surface area (Å²) in [5.74, 6) is -0.433. The summed E-state index contributed by atoms with van der Waals surface area (Å²) in [5, 5.41) is 11.5. The van der Waals surface area contributed by atoms with Crippen molar-refractivity contribution in [3.8, 4) is 0 Å². The van der Waals surface area contributed by atoms with Gasteiger partial charge in [-0.05, 0) is 25.1 Å². The van der Waals surface area contributed by atoms with Crippen LogP contribution in [0.4, 0.5) is 5.69 Å². The maximum atomic E-state index is 12.8. The van der Waals surface area contributed by atoms with Gasteiger partial charge in [0.25, 0.3) is 5.69 Å². The molecule has 2 aromatic carbocycles. The number of nitro groups is 1. The summed E-state index contributed by atoms with van der Waals surface area (Å²) in [4.78, 5) is 32.6. The second-order valence-electron chi connectivity index (χ2n) is 6.05. The molecule has 0 spiro atoms. The number of para-hydroxylation sites is 1. The van der Waals surface area contributed by atoms with Gasteiger partial charge in [0.15, 0.2) is 9.81 Å². The Morgan fingerprint density at radius 2 is 2.07 bits per heavy atom. The molecule has 1 amide bonds. The largest absolute Gasteiger partial charge is 0.380 e. The number of amides is 1. The minimum atomic E-state index is -0.437. The van der Waals surface area contributed by atoms with Gasteiger partial charge in [-0.1, -0.05) is 23.5 Å². The smallest absolute Gasteiger partial charge is 0.308 e. The fourth-order valence-corrected chi connectivity index (χ4v) is 4.76. The van der Waals surface area contributed by atoms with Crippen LogP contribution in [0.2, 0.25) is 0 Å². The van der Waals surface area contributed by atoms with Gasteiger partial charge in [0, 0.05) is 25.3 Å². The molecule has 10 heteroatoms. The number of non-ortho nitro benzene ring substituents is 1. The topological polar surface area (TPSA) is 99.6 Å². The first-order valence-electron chi connectivity index (χ1n) is 8.87. The molecule has 2 aromatic heterocycles. The molecule has 4 aromatic rings. The summed E-state index contributed by atoms with van der Waals surface area (Å²) in [7, 11) is 0. The highest BCUT2D eigenvalue weighted by Gasteiger charge is 2.15. The van der Waals surface area contributed by atoms with Crippen molar-refractivity contribution in [2.75, 3.05) is 13.2 Å². The number of hydrogen-bond donors (Lipinski definition) is 0. The third-order valence-electron chi connectivity index (χ3n) is 4.21. The molecule has 0 atom stereocenters. The van der Waals surface area contributed by atoms with Gasteiger partial charge in [-0.15, -0.1) is 11.3 Å². The molecule has 0 N–H and O–H groups in total. The highest BCUT2D eigenvalue weighted by molar-refractivity contribution is 7.20. The molecular formula is C19H16N4O4S2. The maximum Gasteiger partial charge on any atom is 0.308 e. The summed E-state index contributed by atoms with van der Waals surface area (Å²) >= 11 is 2.60. The second-order valence-corrected chi connectivity index (χ2v) is 8.09. The van der Waals surface area contributed by atoms with Crippen molar-refractivity contribution in [3.05, 3.63) is 62.4 Å². The summed E-state index contributed by atoms with van der Waals surface area (Å²) in [6.07, 6.45) is 0. The van der Waals surface area contributed by atoms with E-state index in [0.29, 0.717) is 35.1 Å². The number of rotatable bonds is 6. The number of fused-ring (bicyclic) bond motifs is 2. The zero-order valence-electron chi connectivity index (χ0n) is 15.4. The number of carbonyl (C=O) groups is 1. The molecule has 0 saturated heterocycles. The van der Waals surface area contributed by atoms with Gasteiger partial charge in [0.05, 0.1) is 32.0 Å². The number of nitrogens with zero attached hydrogens (tertiary/aromatic N) is 4. The zero-order chi connectivity index (χ0) is 20.4. The van der Waals surface area contributed by atoms with Gasteiger partial charge in [-0.3, -0.25) is 14.9 Å². The Morgan fingerprint density at radius 3 is 2.83 bits per heavy atom. The first-order valence-corrected chi connectivity index (χ1v) is 10.5. The van der Waals surface area contributed by atoms with Crippen LogP contribution in [-0.4, -0.2) is 33.6 Å². The van der Waals surface area contributed by atoms with E-state index in [4.69, 9.17) is 4.74 Å². The van der Waals surface area contributed by atoms with E-state index in [1.165, 1.54) is 34.8 Å². The molecule has 0 radical (unpaired) electrons. The molecule has 0 bridgehead atoms. The summed E-state index contributed by atoms with van der Waals surface area (Å²) in [6.45, 7) is 3.29. The Kier molecular flexibility index (Phi) is 5.47. The molecule has 0 unspecified atom stereocenters. The van der Waals surface area contributed by atoms with Gasteiger partial charge in [-0.2, -0.15) is 4.99 Å². The highest BCUT2D eigenvalue weighted by Crippen LogP contribution is 2.24. The van der Waals surface area contributed by atoms with Crippen LogP contribution >= 0.6 is 22.7 Å². The lowest BCUT2D eigenvalue weighted by atomic mass is 10.3. The lowest BCUT2D eigenvalue weighted by Crippen LogP contribution is -2.19. The zero-order valence-corrected chi connectivity index (χ0v) is 17.0. The average Bonchev–Trinajstić information content (AvgIpc) is 3.29. The van der Waals surface area contributed by atoms with Crippen LogP contribution in [-0.2, 0) is 11.3 Å². The third kappa shape index (κ3) is 3.95. The van der Waals surface area contributed by atoms with E-state index in [0.717, 1.165) is 14.9 Å². The number of ether oxygens (including phenoxy) is 1. The Hall–Kier alpha value is -2.95. The number of benzene rings is 2. The van der Waals surface area contributed by atoms with Crippen LogP contribution in [0.25, 0.3) is 20.4 Å². The van der Waals surface area contributed by atoms with E-state index in [9.17, 15) is 14.9 Å². The highest BCUT2D eigenvalue weighted by atomic mass is 32.1. The molecule has 4 rings (SSSR count). The molecule has 148 valence electrons. The molecule has 2 heterocycles. The quantitative estimate of drug-likeness (QED) is 0.263. The van der Waals surface area contributed by atoms with E-state index in [-0.39, 0.29) is 5.69 Å². The molecule has 0 saturated carbocycles. The van der Waals surface area contributed by atoms with Crippen LogP contribution in [0.1, 0.15) is 16.7 Å². The van der Waals surface area contributed by atoms with E-state index >= 15 is 0 Å². The molecule has 29 heavy (non-hydrogen) atoms. The summed E-state index contributed by atoms with van der Waals surface area (Å²) in [5.41, 5.74) is 1.40. The van der Waals surface area contributed by atoms with Gasteiger partial charge in [-0.25, -0.2) is 4.98 Å². The third-order valence-corrected chi connectivity index (χ3v) is 6.30. The first kappa shape index (κ1) is 19.4. The number of hydrogen-bond acceptors (Lipinski definition) is 7. The Balaban J connectivity index is 1.80. The number of carbonyl (C=O) groups excluding carboxylic acids is 1. The fourth-order valence-electron chi connectivity index (χ4n) is 2.87. The molecule has 0 aliphatic heterocycles. The van der Waals surface area contributed by atoms with Crippen molar-refractivity contribution in [2.24, 2.45) is 4.99 Å². The van der Waals surface area contributed by atoms with Gasteiger partial charge in [0.1, 0.15) is 0 Å². The number of nitro benzene ring substituents is 1. The summed E-state index contributed by atoms with van der Waals surface area (Å²) < 4.78 is 8.94. The molecule has 0 aliphatic rings. The van der Waals surface area contributed by atoms with Crippen LogP contribution in [0, 0.1) is 10.1 Å². The van der Waals surface area contributed by atoms with E-state index in [2.05, 4.69) is 9.98 Å². The van der Waals surface area contributed by atoms with Crippen molar-refractivity contribution in [3.63, 3.8) is 0 Å². The second kappa shape index (κ2) is 8.19. The summed E-state index contributed by atoms with van der Waals surface area (Å²) in [6, 6.07) is 12.1. The van der Waals surface area contributed by atoms with Gasteiger partial charge >= 0.3 is 5.91 Å². The van der Waals surface area contributed by atoms with Crippen molar-refractivity contribution in [2.45, 2.75) is 13.5 Å². The van der Waals surface area contributed by atoms with Crippen LogP contribution in [0.5, 0.6) is 0 Å². The Bertz CT molecular complexity index is 1260. The minimum absolute atomic E-state index is 0.00971. The number of thiazole rings is 2. The van der Waals surface area contributed by atoms with E-state index in [1.54, 1.807) is 10.6 Å². The predicted molar refractivity (Wildman–Crippen MR) is 112 cm³/mol. The van der Waals surface area contributed by atoms with Crippen LogP contribution < -0.4 is 4.80 Å². The minimum Gasteiger partial charge on any atom is -0.380 e. The lowest BCUT2D eigenvalue weighted by Gasteiger charge is -2.05. The lowest BCUT2D eigenvalue weighted by molar-refractivity contribution is -0.384. The molecule has 0 fully saturated rings. The maximum absolute atomic E-state index is 12.8. The Labute approximate surface area is 172 Å². The fraction of sp³-hybridized carbons (Fsp3) is 0.211. The number of aromatic nitrogens is 2. The van der Waals surface area contributed by atoms with Crippen LogP contribution in [0.3, 0.4) is 0 Å². The predicted octanol–water partition coefficient (Wildman–Crippen LogP) is 4.00. The van der Waals surface area contributed by atoms with Crippen molar-refractivity contribution >= 4 is 54.7 Å². The molecule has 8 nitrogen and oxygen atoms in total. The van der Waals surface area contributed by atoms with E-state index in [1.807, 2.05) is 31.2 Å². The average molecular weight is 428 g/mol. The monoisotopic (exact) mass is 428 g/mol. The van der Waals surface area contributed by atoms with Crippen molar-refractivity contribution < 1.29 is 14.5 Å². The van der Waals surface area contributed by atoms with Gasteiger partial charge < -0.3 is 9.30 Å². The van der Waals surface area contributed by atoms with Crippen molar-refractivity contribution in [1.82, 2.24) is 9.55 Å². The van der Waals surface area contributed by atoms with Gasteiger partial charge in [0.2, 0.25) is 0 Å². The van der Waals surface area contributed by atoms with Crippen LogP contribution in [0.15, 0.2) is 47.5 Å². The standard InChI is InChI=1S/C19H16N4O4S2/c1-2-27-10-9-22-14-11-12(23(25)26)7-8-16(14)29-19(22)21-17(24)18-20-13-5-3-4-6-15(13)28-18/h3-8,11H,2,9-10H2,1H3. The first-order chi connectivity index (χ1) is 14.1. The molecular weight excluding hydrogens is 412 g/mol.